The van der Waals surface area contributed by atoms with Crippen LogP contribution in [0.2, 0.25) is 0 Å². The first-order valence-electron chi connectivity index (χ1n) is 7.67. The number of aliphatic imine (C=N–C) groups is 1. The van der Waals surface area contributed by atoms with Crippen LogP contribution in [0.15, 0.2) is 53.1 Å². The maximum atomic E-state index is 12.9. The molecule has 2 aromatic heterocycles. The molecule has 7 heteroatoms. The number of carbonyl (C=O) groups excluding carboxylic acids is 1. The number of amidine groups is 1. The standard InChI is InChI=1S/C18H17FN4OS/c1-11-9-18(2,23-17(20)25-11)16-8-12(5-6-21-16)7-15(24)14-4-3-13(19)10-22-14/h3-6,8,10H,1,7,9H2,2H3,(H2,20,23)/t18-/m0/s1. The van der Waals surface area contributed by atoms with Gasteiger partial charge in [-0.15, -0.1) is 0 Å². The van der Waals surface area contributed by atoms with E-state index in [9.17, 15) is 9.18 Å². The highest BCUT2D eigenvalue weighted by molar-refractivity contribution is 8.17. The lowest BCUT2D eigenvalue weighted by Gasteiger charge is -2.30. The lowest BCUT2D eigenvalue weighted by atomic mass is 9.92. The summed E-state index contributed by atoms with van der Waals surface area (Å²) in [5.74, 6) is -0.657. The van der Waals surface area contributed by atoms with Crippen molar-refractivity contribution in [3.63, 3.8) is 0 Å². The van der Waals surface area contributed by atoms with Crippen LogP contribution in [0.5, 0.6) is 0 Å². The van der Waals surface area contributed by atoms with Crippen molar-refractivity contribution in [2.75, 3.05) is 0 Å². The third-order valence-corrected chi connectivity index (χ3v) is 4.63. The fraction of sp³-hybridized carbons (Fsp3) is 0.222. The van der Waals surface area contributed by atoms with Crippen LogP contribution in [-0.4, -0.2) is 20.9 Å². The van der Waals surface area contributed by atoms with Gasteiger partial charge in [0, 0.05) is 19.0 Å². The summed E-state index contributed by atoms with van der Waals surface area (Å²) >= 11 is 1.36. The summed E-state index contributed by atoms with van der Waals surface area (Å²) in [6, 6.07) is 6.23. The second-order valence-corrected chi connectivity index (χ2v) is 7.25. The molecule has 2 N–H and O–H groups in total. The van der Waals surface area contributed by atoms with Gasteiger partial charge < -0.3 is 5.73 Å². The third-order valence-electron chi connectivity index (χ3n) is 3.90. The van der Waals surface area contributed by atoms with E-state index in [0.717, 1.165) is 22.4 Å². The van der Waals surface area contributed by atoms with Crippen LogP contribution in [0.3, 0.4) is 0 Å². The highest BCUT2D eigenvalue weighted by Gasteiger charge is 2.32. The minimum absolute atomic E-state index is 0.152. The maximum absolute atomic E-state index is 12.9. The molecule has 0 amide bonds. The Bertz CT molecular complexity index is 866. The van der Waals surface area contributed by atoms with Gasteiger partial charge in [0.2, 0.25) is 0 Å². The van der Waals surface area contributed by atoms with Crippen molar-refractivity contribution < 1.29 is 9.18 Å². The number of halogens is 1. The third kappa shape index (κ3) is 3.93. The van der Waals surface area contributed by atoms with E-state index in [4.69, 9.17) is 5.73 Å². The van der Waals surface area contributed by atoms with Crippen molar-refractivity contribution in [2.24, 2.45) is 10.7 Å². The second kappa shape index (κ2) is 6.76. The van der Waals surface area contributed by atoms with Gasteiger partial charge in [-0.25, -0.2) is 9.38 Å². The van der Waals surface area contributed by atoms with E-state index < -0.39 is 11.4 Å². The first-order chi connectivity index (χ1) is 11.9. The molecule has 2 aromatic rings. The molecule has 3 rings (SSSR count). The molecule has 0 saturated heterocycles. The Labute approximate surface area is 149 Å². The average molecular weight is 356 g/mol. The predicted octanol–water partition coefficient (Wildman–Crippen LogP) is 3.22. The number of aromatic nitrogens is 2. The van der Waals surface area contributed by atoms with Crippen molar-refractivity contribution in [3.05, 3.63) is 70.9 Å². The summed E-state index contributed by atoms with van der Waals surface area (Å²) in [5, 5.41) is 0.456. The first-order valence-corrected chi connectivity index (χ1v) is 8.48. The summed E-state index contributed by atoms with van der Waals surface area (Å²) in [5.41, 5.74) is 7.03. The minimum atomic E-state index is -0.598. The molecule has 0 aliphatic carbocycles. The number of pyridine rings is 2. The van der Waals surface area contributed by atoms with Gasteiger partial charge in [-0.2, -0.15) is 0 Å². The van der Waals surface area contributed by atoms with Crippen molar-refractivity contribution in [2.45, 2.75) is 25.3 Å². The highest BCUT2D eigenvalue weighted by atomic mass is 32.2. The normalized spacial score (nSPS) is 20.2. The number of Topliss-reactive ketones (excluding diaryl/α,β-unsaturated/α-hetero) is 1. The van der Waals surface area contributed by atoms with Crippen LogP contribution in [0.25, 0.3) is 0 Å². The van der Waals surface area contributed by atoms with E-state index in [1.165, 1.54) is 23.9 Å². The molecule has 0 unspecified atom stereocenters. The number of hydrogen-bond donors (Lipinski definition) is 1. The van der Waals surface area contributed by atoms with E-state index in [2.05, 4.69) is 21.5 Å². The topological polar surface area (TPSA) is 81.2 Å². The second-order valence-electron chi connectivity index (χ2n) is 6.05. The molecule has 0 fully saturated rings. The summed E-state index contributed by atoms with van der Waals surface area (Å²) < 4.78 is 12.9. The summed E-state index contributed by atoms with van der Waals surface area (Å²) in [7, 11) is 0. The molecular formula is C18H17FN4OS. The van der Waals surface area contributed by atoms with Crippen LogP contribution in [0.1, 0.15) is 35.1 Å². The predicted molar refractivity (Wildman–Crippen MR) is 96.8 cm³/mol. The number of ketones is 1. The Hall–Kier alpha value is -2.54. The average Bonchev–Trinajstić information content (AvgIpc) is 2.54. The molecule has 0 saturated carbocycles. The van der Waals surface area contributed by atoms with E-state index in [-0.39, 0.29) is 17.9 Å². The zero-order chi connectivity index (χ0) is 18.0. The molecule has 128 valence electrons. The number of thioether (sulfide) groups is 1. The quantitative estimate of drug-likeness (QED) is 0.851. The fourth-order valence-electron chi connectivity index (χ4n) is 2.72. The number of nitrogens with two attached hydrogens (primary N) is 1. The van der Waals surface area contributed by atoms with Crippen LogP contribution in [0.4, 0.5) is 4.39 Å². The minimum Gasteiger partial charge on any atom is -0.378 e. The van der Waals surface area contributed by atoms with Crippen LogP contribution < -0.4 is 5.73 Å². The zero-order valence-electron chi connectivity index (χ0n) is 13.7. The Morgan fingerprint density at radius 1 is 1.40 bits per heavy atom. The van der Waals surface area contributed by atoms with Crippen molar-refractivity contribution >= 4 is 22.7 Å². The molecule has 1 atom stereocenters. The van der Waals surface area contributed by atoms with E-state index in [1.807, 2.05) is 13.0 Å². The van der Waals surface area contributed by atoms with Gasteiger partial charge in [-0.1, -0.05) is 18.3 Å². The molecule has 0 bridgehead atoms. The van der Waals surface area contributed by atoms with Crippen molar-refractivity contribution in [1.29, 1.82) is 0 Å². The Balaban J connectivity index is 1.84. The molecule has 25 heavy (non-hydrogen) atoms. The van der Waals surface area contributed by atoms with Crippen LogP contribution in [-0.2, 0) is 12.0 Å². The molecule has 3 heterocycles. The smallest absolute Gasteiger partial charge is 0.185 e. The monoisotopic (exact) mass is 356 g/mol. The lowest BCUT2D eigenvalue weighted by molar-refractivity contribution is 0.0988. The number of rotatable bonds is 4. The molecule has 5 nitrogen and oxygen atoms in total. The summed E-state index contributed by atoms with van der Waals surface area (Å²) in [6.07, 6.45) is 3.47. The van der Waals surface area contributed by atoms with E-state index >= 15 is 0 Å². The molecule has 0 radical (unpaired) electrons. The van der Waals surface area contributed by atoms with Crippen LogP contribution >= 0.6 is 11.8 Å². The van der Waals surface area contributed by atoms with Gasteiger partial charge in [0.05, 0.1) is 11.9 Å². The van der Waals surface area contributed by atoms with Crippen molar-refractivity contribution in [3.8, 4) is 0 Å². The number of nitrogens with zero attached hydrogens (tertiary/aromatic N) is 3. The highest BCUT2D eigenvalue weighted by Crippen LogP contribution is 2.39. The van der Waals surface area contributed by atoms with Crippen LogP contribution in [0, 0.1) is 5.82 Å². The van der Waals surface area contributed by atoms with Gasteiger partial charge in [-0.05, 0) is 41.7 Å². The molecule has 0 aromatic carbocycles. The molecular weight excluding hydrogens is 339 g/mol. The van der Waals surface area contributed by atoms with Crippen molar-refractivity contribution in [1.82, 2.24) is 9.97 Å². The summed E-state index contributed by atoms with van der Waals surface area (Å²) in [6.45, 7) is 5.93. The van der Waals surface area contributed by atoms with Gasteiger partial charge in [0.1, 0.15) is 17.1 Å². The summed E-state index contributed by atoms with van der Waals surface area (Å²) in [4.78, 5) is 26.0. The zero-order valence-corrected chi connectivity index (χ0v) is 14.5. The molecule has 1 aliphatic heterocycles. The van der Waals surface area contributed by atoms with Gasteiger partial charge >= 0.3 is 0 Å². The Morgan fingerprint density at radius 3 is 2.88 bits per heavy atom. The SMILES string of the molecule is C=C1C[C@@](C)(c2cc(CC(=O)c3ccc(F)cn3)ccn2)N=C(N)S1. The van der Waals surface area contributed by atoms with E-state index in [0.29, 0.717) is 11.6 Å². The maximum Gasteiger partial charge on any atom is 0.185 e. The number of hydrogen-bond acceptors (Lipinski definition) is 6. The van der Waals surface area contributed by atoms with Gasteiger partial charge in [-0.3, -0.25) is 14.8 Å². The molecule has 1 aliphatic rings. The lowest BCUT2D eigenvalue weighted by Crippen LogP contribution is -2.28. The van der Waals surface area contributed by atoms with Gasteiger partial charge in [0.25, 0.3) is 0 Å². The fourth-order valence-corrected chi connectivity index (χ4v) is 3.61. The van der Waals surface area contributed by atoms with E-state index in [1.54, 1.807) is 12.3 Å². The first kappa shape index (κ1) is 17.3. The molecule has 0 spiro atoms. The number of carbonyl (C=O) groups is 1. The largest absolute Gasteiger partial charge is 0.378 e. The Kier molecular flexibility index (Phi) is 4.67. The Morgan fingerprint density at radius 2 is 2.20 bits per heavy atom. The van der Waals surface area contributed by atoms with Gasteiger partial charge in [0.15, 0.2) is 11.0 Å².